The molecule has 0 bridgehead atoms. The second kappa shape index (κ2) is 7.30. The minimum Gasteiger partial charge on any atom is -0.447 e. The fourth-order valence-corrected chi connectivity index (χ4v) is 4.07. The summed E-state index contributed by atoms with van der Waals surface area (Å²) in [6.45, 7) is 3.99. The van der Waals surface area contributed by atoms with Gasteiger partial charge in [0, 0.05) is 11.1 Å². The molecule has 2 aromatic heterocycles. The van der Waals surface area contributed by atoms with E-state index in [-0.39, 0.29) is 17.5 Å². The number of aromatic nitrogens is 4. The predicted octanol–water partition coefficient (Wildman–Crippen LogP) is 2.73. The minimum atomic E-state index is -0.620. The fourth-order valence-electron chi connectivity index (χ4n) is 4.07. The van der Waals surface area contributed by atoms with Crippen LogP contribution >= 0.6 is 0 Å². The number of hydrogen-bond acceptors (Lipinski definition) is 8. The highest BCUT2D eigenvalue weighted by molar-refractivity contribution is 5.88. The van der Waals surface area contributed by atoms with Crippen molar-refractivity contribution in [2.75, 3.05) is 16.8 Å². The number of hydrogen-bond donors (Lipinski definition) is 2. The SMILES string of the molecule is CC[C@H]1COC(=O)N1c1nc(C)nc(NC2(c3cc4cc(C#N)ccc4[nH]c3=O)CC2)n1. The van der Waals surface area contributed by atoms with E-state index in [1.807, 2.05) is 13.0 Å². The van der Waals surface area contributed by atoms with Gasteiger partial charge < -0.3 is 15.0 Å². The standard InChI is InChI=1S/C22H21N7O3/c1-3-15-11-32-21(31)29(15)20-25-12(2)24-19(27-20)28-22(6-7-22)16-9-14-8-13(10-23)4-5-17(14)26-18(16)30/h4-5,8-9,15H,3,6-7,11H2,1-2H3,(H,26,30)(H,24,25,27,28)/t15-/m0/s1. The number of pyridine rings is 1. The zero-order chi connectivity index (χ0) is 22.5. The summed E-state index contributed by atoms with van der Waals surface area (Å²) in [5.41, 5.74) is 0.934. The van der Waals surface area contributed by atoms with E-state index in [1.165, 1.54) is 4.90 Å². The van der Waals surface area contributed by atoms with Crippen molar-refractivity contribution in [1.82, 2.24) is 19.9 Å². The Kier molecular flexibility index (Phi) is 4.55. The van der Waals surface area contributed by atoms with E-state index >= 15 is 0 Å². The number of nitrogens with one attached hydrogen (secondary N) is 2. The van der Waals surface area contributed by atoms with E-state index in [9.17, 15) is 14.9 Å². The molecule has 32 heavy (non-hydrogen) atoms. The van der Waals surface area contributed by atoms with Crippen LogP contribution in [0.5, 0.6) is 0 Å². The van der Waals surface area contributed by atoms with Gasteiger partial charge in [-0.2, -0.15) is 20.2 Å². The molecule has 1 aliphatic carbocycles. The van der Waals surface area contributed by atoms with Gasteiger partial charge in [0.2, 0.25) is 11.9 Å². The molecule has 1 saturated heterocycles. The highest BCUT2D eigenvalue weighted by atomic mass is 16.6. The molecule has 1 atom stereocenters. The lowest BCUT2D eigenvalue weighted by Crippen LogP contribution is -2.35. The van der Waals surface area contributed by atoms with Gasteiger partial charge in [0.05, 0.1) is 23.2 Å². The van der Waals surface area contributed by atoms with Gasteiger partial charge >= 0.3 is 6.09 Å². The van der Waals surface area contributed by atoms with E-state index in [0.29, 0.717) is 41.4 Å². The maximum absolute atomic E-state index is 12.8. The van der Waals surface area contributed by atoms with Crippen LogP contribution < -0.4 is 15.8 Å². The van der Waals surface area contributed by atoms with Crippen molar-refractivity contribution in [2.45, 2.75) is 44.7 Å². The van der Waals surface area contributed by atoms with E-state index in [4.69, 9.17) is 4.74 Å². The number of rotatable bonds is 5. The summed E-state index contributed by atoms with van der Waals surface area (Å²) in [7, 11) is 0. The molecular weight excluding hydrogens is 410 g/mol. The van der Waals surface area contributed by atoms with E-state index in [0.717, 1.165) is 18.2 Å². The van der Waals surface area contributed by atoms with Crippen molar-refractivity contribution in [3.63, 3.8) is 0 Å². The first-order chi connectivity index (χ1) is 15.4. The molecule has 2 aliphatic rings. The van der Waals surface area contributed by atoms with Crippen molar-refractivity contribution < 1.29 is 9.53 Å². The minimum absolute atomic E-state index is 0.135. The smallest absolute Gasteiger partial charge is 0.417 e. The van der Waals surface area contributed by atoms with Crippen LogP contribution in [0.25, 0.3) is 10.9 Å². The van der Waals surface area contributed by atoms with Gasteiger partial charge in [-0.25, -0.2) is 9.69 Å². The summed E-state index contributed by atoms with van der Waals surface area (Å²) < 4.78 is 5.16. The van der Waals surface area contributed by atoms with Crippen LogP contribution in [0, 0.1) is 18.3 Å². The molecule has 3 heterocycles. The lowest BCUT2D eigenvalue weighted by Gasteiger charge is -2.21. The molecule has 10 heteroatoms. The summed E-state index contributed by atoms with van der Waals surface area (Å²) >= 11 is 0. The molecule has 1 amide bonds. The monoisotopic (exact) mass is 431 g/mol. The first-order valence-corrected chi connectivity index (χ1v) is 10.5. The molecule has 10 nitrogen and oxygen atoms in total. The number of cyclic esters (lactones) is 1. The highest BCUT2D eigenvalue weighted by Gasteiger charge is 2.47. The number of carbonyl (C=O) groups excluding carboxylic acids is 1. The molecule has 162 valence electrons. The van der Waals surface area contributed by atoms with Crippen LogP contribution in [0.4, 0.5) is 16.7 Å². The van der Waals surface area contributed by atoms with Crippen molar-refractivity contribution in [2.24, 2.45) is 0 Å². The Bertz CT molecular complexity index is 1340. The van der Waals surface area contributed by atoms with Gasteiger partial charge in [0.1, 0.15) is 12.4 Å². The normalized spacial score (nSPS) is 19.0. The third-order valence-corrected chi connectivity index (χ3v) is 5.97. The van der Waals surface area contributed by atoms with E-state index in [1.54, 1.807) is 25.1 Å². The molecule has 2 N–H and O–H groups in total. The van der Waals surface area contributed by atoms with E-state index in [2.05, 4.69) is 31.3 Å². The second-order valence-electron chi connectivity index (χ2n) is 8.15. The van der Waals surface area contributed by atoms with Gasteiger partial charge in [-0.3, -0.25) is 4.79 Å². The molecule has 2 fully saturated rings. The first kappa shape index (κ1) is 19.9. The number of nitriles is 1. The number of amides is 1. The van der Waals surface area contributed by atoms with Gasteiger partial charge in [-0.1, -0.05) is 6.92 Å². The number of aryl methyl sites for hydroxylation is 1. The maximum atomic E-state index is 12.8. The summed E-state index contributed by atoms with van der Waals surface area (Å²) in [4.78, 5) is 42.6. The van der Waals surface area contributed by atoms with E-state index < -0.39 is 11.6 Å². The largest absolute Gasteiger partial charge is 0.447 e. The molecule has 5 rings (SSSR count). The van der Waals surface area contributed by atoms with Crippen LogP contribution in [0.15, 0.2) is 29.1 Å². The lowest BCUT2D eigenvalue weighted by molar-refractivity contribution is 0.178. The van der Waals surface area contributed by atoms with Crippen molar-refractivity contribution in [3.05, 3.63) is 51.6 Å². The molecule has 3 aromatic rings. The Morgan fingerprint density at radius 3 is 2.81 bits per heavy atom. The number of fused-ring (bicyclic) bond motifs is 1. The van der Waals surface area contributed by atoms with Gasteiger partial charge in [0.25, 0.3) is 5.56 Å². The predicted molar refractivity (Wildman–Crippen MR) is 116 cm³/mol. The average molecular weight is 431 g/mol. The zero-order valence-corrected chi connectivity index (χ0v) is 17.7. The highest BCUT2D eigenvalue weighted by Crippen LogP contribution is 2.47. The van der Waals surface area contributed by atoms with Crippen LogP contribution in [0.3, 0.4) is 0 Å². The average Bonchev–Trinajstić information content (AvgIpc) is 3.44. The third-order valence-electron chi connectivity index (χ3n) is 5.97. The van der Waals surface area contributed by atoms with Crippen LogP contribution in [0.2, 0.25) is 0 Å². The molecule has 0 radical (unpaired) electrons. The Morgan fingerprint density at radius 2 is 2.09 bits per heavy atom. The fraction of sp³-hybridized carbons (Fsp3) is 0.364. The number of benzene rings is 1. The molecule has 1 saturated carbocycles. The number of ether oxygens (including phenoxy) is 1. The molecular formula is C22H21N7O3. The molecule has 0 spiro atoms. The Hall–Kier alpha value is -4.00. The summed E-state index contributed by atoms with van der Waals surface area (Å²) in [6.07, 6.45) is 1.68. The Morgan fingerprint density at radius 1 is 1.28 bits per heavy atom. The number of H-pyrrole nitrogens is 1. The number of aromatic amines is 1. The summed E-state index contributed by atoms with van der Waals surface area (Å²) in [5, 5.41) is 13.3. The number of carbonyl (C=O) groups is 1. The topological polar surface area (TPSA) is 137 Å². The summed E-state index contributed by atoms with van der Waals surface area (Å²) in [5.74, 6) is 0.981. The third kappa shape index (κ3) is 3.32. The van der Waals surface area contributed by atoms with Crippen LogP contribution in [-0.2, 0) is 10.3 Å². The van der Waals surface area contributed by atoms with Crippen molar-refractivity contribution >= 4 is 28.9 Å². The van der Waals surface area contributed by atoms with Gasteiger partial charge in [-0.15, -0.1) is 0 Å². The van der Waals surface area contributed by atoms with Crippen molar-refractivity contribution in [3.8, 4) is 6.07 Å². The number of anilines is 2. The molecule has 1 aliphatic heterocycles. The Balaban J connectivity index is 1.51. The molecule has 0 unspecified atom stereocenters. The van der Waals surface area contributed by atoms with Gasteiger partial charge in [0.15, 0.2) is 0 Å². The Labute approximate surface area is 183 Å². The van der Waals surface area contributed by atoms with Gasteiger partial charge in [-0.05, 0) is 55.8 Å². The first-order valence-electron chi connectivity index (χ1n) is 10.5. The van der Waals surface area contributed by atoms with Crippen LogP contribution in [0.1, 0.15) is 43.1 Å². The lowest BCUT2D eigenvalue weighted by atomic mass is 10.0. The number of nitrogens with zero attached hydrogens (tertiary/aromatic N) is 5. The summed E-state index contributed by atoms with van der Waals surface area (Å²) in [6, 6.07) is 8.95. The second-order valence-corrected chi connectivity index (χ2v) is 8.15. The molecule has 1 aromatic carbocycles. The van der Waals surface area contributed by atoms with Crippen LogP contribution in [-0.4, -0.2) is 38.7 Å². The maximum Gasteiger partial charge on any atom is 0.417 e. The zero-order valence-electron chi connectivity index (χ0n) is 17.7. The van der Waals surface area contributed by atoms with Crippen molar-refractivity contribution in [1.29, 1.82) is 5.26 Å². The quantitative estimate of drug-likeness (QED) is 0.629.